The zero-order chi connectivity index (χ0) is 18.8. The second kappa shape index (κ2) is 7.21. The van der Waals surface area contributed by atoms with Crippen LogP contribution in [-0.4, -0.2) is 14.5 Å². The number of anilines is 1. The van der Waals surface area contributed by atoms with E-state index in [0.717, 1.165) is 22.5 Å². The molecule has 4 rings (SSSR count). The molecule has 0 bridgehead atoms. The van der Waals surface area contributed by atoms with E-state index in [1.54, 1.807) is 23.0 Å². The molecule has 2 aromatic carbocycles. The maximum atomic E-state index is 13.4. The van der Waals surface area contributed by atoms with Crippen molar-refractivity contribution in [2.45, 2.75) is 13.0 Å². The fourth-order valence-electron chi connectivity index (χ4n) is 3.20. The van der Waals surface area contributed by atoms with Gasteiger partial charge < -0.3 is 5.32 Å². The Hall–Kier alpha value is -3.18. The summed E-state index contributed by atoms with van der Waals surface area (Å²) in [6.45, 7) is 2.00. The Bertz CT molecular complexity index is 1140. The molecule has 0 amide bonds. The molecule has 27 heavy (non-hydrogen) atoms. The van der Waals surface area contributed by atoms with Gasteiger partial charge in [-0.1, -0.05) is 41.9 Å². The summed E-state index contributed by atoms with van der Waals surface area (Å²) in [6.07, 6.45) is 4.88. The van der Waals surface area contributed by atoms with Crippen molar-refractivity contribution in [3.63, 3.8) is 0 Å². The molecule has 2 aromatic heterocycles. The van der Waals surface area contributed by atoms with Crippen molar-refractivity contribution >= 4 is 28.1 Å². The number of halogens is 1. The van der Waals surface area contributed by atoms with Crippen LogP contribution in [0.4, 0.5) is 5.69 Å². The Morgan fingerprint density at radius 3 is 2.52 bits per heavy atom. The molecule has 5 nitrogen and oxygen atoms in total. The highest BCUT2D eigenvalue weighted by Gasteiger charge is 2.17. The molecule has 0 aliphatic carbocycles. The number of para-hydroxylation sites is 1. The fourth-order valence-corrected chi connectivity index (χ4v) is 3.46. The number of benzene rings is 2. The van der Waals surface area contributed by atoms with Crippen LogP contribution in [0.3, 0.4) is 0 Å². The van der Waals surface area contributed by atoms with Gasteiger partial charge in [0.15, 0.2) is 0 Å². The van der Waals surface area contributed by atoms with Crippen LogP contribution in [0.1, 0.15) is 18.7 Å². The molecule has 0 fully saturated rings. The standard InChI is InChI=1S/C21H17ClN4O/c1-14(25-16-11-23-13-24-12-16)19-10-15-6-5-9-18(22)20(15)21(27)26(19)17-7-3-2-4-8-17/h2-14,25H,1H3/t14-/m0/s1. The summed E-state index contributed by atoms with van der Waals surface area (Å²) < 4.78 is 1.70. The minimum Gasteiger partial charge on any atom is -0.375 e. The summed E-state index contributed by atoms with van der Waals surface area (Å²) in [7, 11) is 0. The third-order valence-electron chi connectivity index (χ3n) is 4.43. The van der Waals surface area contributed by atoms with Gasteiger partial charge >= 0.3 is 0 Å². The summed E-state index contributed by atoms with van der Waals surface area (Å²) in [5, 5.41) is 5.14. The molecule has 0 unspecified atom stereocenters. The van der Waals surface area contributed by atoms with Crippen LogP contribution >= 0.6 is 11.6 Å². The highest BCUT2D eigenvalue weighted by Crippen LogP contribution is 2.26. The van der Waals surface area contributed by atoms with E-state index in [-0.39, 0.29) is 11.6 Å². The molecular weight excluding hydrogens is 360 g/mol. The average molecular weight is 377 g/mol. The highest BCUT2D eigenvalue weighted by molar-refractivity contribution is 6.35. The first-order valence-electron chi connectivity index (χ1n) is 8.56. The van der Waals surface area contributed by atoms with Gasteiger partial charge in [0.2, 0.25) is 0 Å². The number of nitrogens with zero attached hydrogens (tertiary/aromatic N) is 3. The summed E-state index contributed by atoms with van der Waals surface area (Å²) in [6, 6.07) is 16.9. The SMILES string of the molecule is C[C@H](Nc1cncnc1)c1cc2cccc(Cl)c2c(=O)n1-c1ccccc1. The van der Waals surface area contributed by atoms with Gasteiger partial charge in [-0.15, -0.1) is 0 Å². The van der Waals surface area contributed by atoms with Crippen molar-refractivity contribution in [2.75, 3.05) is 5.32 Å². The third kappa shape index (κ3) is 3.29. The van der Waals surface area contributed by atoms with Crippen LogP contribution in [0.2, 0.25) is 5.02 Å². The molecule has 0 saturated heterocycles. The first-order chi connectivity index (χ1) is 13.1. The molecule has 0 aliphatic heterocycles. The number of fused-ring (bicyclic) bond motifs is 1. The van der Waals surface area contributed by atoms with Gasteiger partial charge in [0.25, 0.3) is 5.56 Å². The Balaban J connectivity index is 1.94. The maximum absolute atomic E-state index is 13.4. The Morgan fingerprint density at radius 2 is 1.78 bits per heavy atom. The predicted octanol–water partition coefficient (Wildman–Crippen LogP) is 4.61. The van der Waals surface area contributed by atoms with E-state index in [4.69, 9.17) is 11.6 Å². The minimum absolute atomic E-state index is 0.141. The van der Waals surface area contributed by atoms with E-state index in [1.165, 1.54) is 6.33 Å². The number of nitrogens with one attached hydrogen (secondary N) is 1. The van der Waals surface area contributed by atoms with Crippen molar-refractivity contribution < 1.29 is 0 Å². The lowest BCUT2D eigenvalue weighted by molar-refractivity contribution is 0.776. The molecule has 0 saturated carbocycles. The van der Waals surface area contributed by atoms with E-state index >= 15 is 0 Å². The van der Waals surface area contributed by atoms with Gasteiger partial charge in [-0.25, -0.2) is 9.97 Å². The molecule has 4 aromatic rings. The molecular formula is C21H17ClN4O. The zero-order valence-corrected chi connectivity index (χ0v) is 15.4. The van der Waals surface area contributed by atoms with Gasteiger partial charge in [0.1, 0.15) is 6.33 Å². The summed E-state index contributed by atoms with van der Waals surface area (Å²) in [5.41, 5.74) is 2.25. The van der Waals surface area contributed by atoms with E-state index in [2.05, 4.69) is 15.3 Å². The molecule has 1 N–H and O–H groups in total. The van der Waals surface area contributed by atoms with Crippen molar-refractivity contribution in [1.82, 2.24) is 14.5 Å². The van der Waals surface area contributed by atoms with Gasteiger partial charge in [0.05, 0.1) is 34.5 Å². The molecule has 0 spiro atoms. The molecule has 2 heterocycles. The first-order valence-corrected chi connectivity index (χ1v) is 8.94. The van der Waals surface area contributed by atoms with Crippen molar-refractivity contribution in [2.24, 2.45) is 0 Å². The molecule has 0 aliphatic rings. The monoisotopic (exact) mass is 376 g/mol. The minimum atomic E-state index is -0.160. The molecule has 6 heteroatoms. The summed E-state index contributed by atoms with van der Waals surface area (Å²) in [5.74, 6) is 0. The topological polar surface area (TPSA) is 59.8 Å². The Morgan fingerprint density at radius 1 is 1.04 bits per heavy atom. The van der Waals surface area contributed by atoms with Crippen LogP contribution < -0.4 is 10.9 Å². The van der Waals surface area contributed by atoms with Gasteiger partial charge in [-0.3, -0.25) is 9.36 Å². The number of pyridine rings is 1. The molecule has 134 valence electrons. The molecule has 1 atom stereocenters. The fraction of sp³-hybridized carbons (Fsp3) is 0.0952. The third-order valence-corrected chi connectivity index (χ3v) is 4.74. The van der Waals surface area contributed by atoms with E-state index in [9.17, 15) is 4.79 Å². The average Bonchev–Trinajstić information content (AvgIpc) is 2.69. The maximum Gasteiger partial charge on any atom is 0.264 e. The lowest BCUT2D eigenvalue weighted by atomic mass is 10.1. The van der Waals surface area contributed by atoms with Crippen molar-refractivity contribution in [1.29, 1.82) is 0 Å². The van der Waals surface area contributed by atoms with Crippen LogP contribution in [0.5, 0.6) is 0 Å². The zero-order valence-electron chi connectivity index (χ0n) is 14.6. The quantitative estimate of drug-likeness (QED) is 0.565. The van der Waals surface area contributed by atoms with Crippen LogP contribution in [0.25, 0.3) is 16.5 Å². The highest BCUT2D eigenvalue weighted by atomic mass is 35.5. The normalized spacial score (nSPS) is 12.1. The number of hydrogen-bond acceptors (Lipinski definition) is 4. The van der Waals surface area contributed by atoms with Gasteiger partial charge in [0, 0.05) is 11.4 Å². The summed E-state index contributed by atoms with van der Waals surface area (Å²) >= 11 is 6.34. The second-order valence-corrected chi connectivity index (χ2v) is 6.65. The smallest absolute Gasteiger partial charge is 0.264 e. The number of rotatable bonds is 4. The second-order valence-electron chi connectivity index (χ2n) is 6.24. The van der Waals surface area contributed by atoms with Crippen LogP contribution in [-0.2, 0) is 0 Å². The first kappa shape index (κ1) is 17.2. The lowest BCUT2D eigenvalue weighted by Crippen LogP contribution is -2.25. The van der Waals surface area contributed by atoms with Crippen LogP contribution in [0.15, 0.2) is 78.1 Å². The van der Waals surface area contributed by atoms with E-state index < -0.39 is 0 Å². The summed E-state index contributed by atoms with van der Waals surface area (Å²) in [4.78, 5) is 21.4. The van der Waals surface area contributed by atoms with Crippen molar-refractivity contribution in [3.05, 3.63) is 94.4 Å². The molecule has 0 radical (unpaired) electrons. The largest absolute Gasteiger partial charge is 0.375 e. The number of hydrogen-bond donors (Lipinski definition) is 1. The Labute approximate surface area is 161 Å². The predicted molar refractivity (Wildman–Crippen MR) is 109 cm³/mol. The van der Waals surface area contributed by atoms with E-state index in [1.807, 2.05) is 55.5 Å². The van der Waals surface area contributed by atoms with E-state index in [0.29, 0.717) is 10.4 Å². The van der Waals surface area contributed by atoms with Crippen molar-refractivity contribution in [3.8, 4) is 5.69 Å². The van der Waals surface area contributed by atoms with Gasteiger partial charge in [-0.2, -0.15) is 0 Å². The van der Waals surface area contributed by atoms with Crippen LogP contribution in [0, 0.1) is 0 Å². The number of aromatic nitrogens is 3. The Kier molecular flexibility index (Phi) is 4.60. The van der Waals surface area contributed by atoms with Gasteiger partial charge in [-0.05, 0) is 36.6 Å². The lowest BCUT2D eigenvalue weighted by Gasteiger charge is -2.21.